The van der Waals surface area contributed by atoms with Crippen LogP contribution in [0.2, 0.25) is 0 Å². The standard InChI is InChI=1S/C20H23N5O2S/c1-24(2)16-9-7-15(8-10-16)12-21-19(26)13-28-20-23-22-14-25(20)17-5-4-6-18(11-17)27-3/h4-11,14H,12-13H2,1-3H3,(H,21,26). The summed E-state index contributed by atoms with van der Waals surface area (Å²) in [7, 11) is 5.62. The number of carbonyl (C=O) groups is 1. The van der Waals surface area contributed by atoms with E-state index in [1.165, 1.54) is 11.8 Å². The normalized spacial score (nSPS) is 10.5. The highest BCUT2D eigenvalue weighted by atomic mass is 32.2. The monoisotopic (exact) mass is 397 g/mol. The number of hydrogen-bond donors (Lipinski definition) is 1. The lowest BCUT2D eigenvalue weighted by Crippen LogP contribution is -2.24. The molecule has 3 aromatic rings. The Labute approximate surface area is 168 Å². The van der Waals surface area contributed by atoms with Gasteiger partial charge in [-0.2, -0.15) is 0 Å². The smallest absolute Gasteiger partial charge is 0.230 e. The highest BCUT2D eigenvalue weighted by Crippen LogP contribution is 2.22. The van der Waals surface area contributed by atoms with Crippen molar-refractivity contribution in [3.63, 3.8) is 0 Å². The molecule has 1 aromatic heterocycles. The van der Waals surface area contributed by atoms with Crippen LogP contribution >= 0.6 is 11.8 Å². The summed E-state index contributed by atoms with van der Waals surface area (Å²) in [6, 6.07) is 15.7. The maximum absolute atomic E-state index is 12.2. The van der Waals surface area contributed by atoms with Crippen LogP contribution in [0.3, 0.4) is 0 Å². The molecule has 0 fully saturated rings. The lowest BCUT2D eigenvalue weighted by atomic mass is 10.2. The van der Waals surface area contributed by atoms with Crippen LogP contribution in [0.1, 0.15) is 5.56 Å². The van der Waals surface area contributed by atoms with Gasteiger partial charge >= 0.3 is 0 Å². The van der Waals surface area contributed by atoms with Crippen molar-refractivity contribution >= 4 is 23.4 Å². The predicted octanol–water partition coefficient (Wildman–Crippen LogP) is 2.75. The van der Waals surface area contributed by atoms with E-state index in [1.807, 2.05) is 72.1 Å². The minimum absolute atomic E-state index is 0.0538. The van der Waals surface area contributed by atoms with Gasteiger partial charge in [-0.25, -0.2) is 0 Å². The zero-order valence-corrected chi connectivity index (χ0v) is 16.9. The minimum atomic E-state index is -0.0538. The average molecular weight is 398 g/mol. The number of carbonyl (C=O) groups excluding carboxylic acids is 1. The summed E-state index contributed by atoms with van der Waals surface area (Å²) >= 11 is 1.34. The topological polar surface area (TPSA) is 72.3 Å². The van der Waals surface area contributed by atoms with Crippen LogP contribution in [0.4, 0.5) is 5.69 Å². The molecule has 0 aliphatic carbocycles. The van der Waals surface area contributed by atoms with Crippen molar-refractivity contribution in [2.24, 2.45) is 0 Å². The fourth-order valence-electron chi connectivity index (χ4n) is 2.55. The van der Waals surface area contributed by atoms with Crippen LogP contribution in [0, 0.1) is 0 Å². The third kappa shape index (κ3) is 5.04. The molecule has 1 amide bonds. The SMILES string of the molecule is COc1cccc(-n2cnnc2SCC(=O)NCc2ccc(N(C)C)cc2)c1. The van der Waals surface area contributed by atoms with Gasteiger partial charge in [0, 0.05) is 32.4 Å². The summed E-state index contributed by atoms with van der Waals surface area (Å²) in [5.41, 5.74) is 3.07. The van der Waals surface area contributed by atoms with Gasteiger partial charge in [0.05, 0.1) is 18.6 Å². The Hall–Kier alpha value is -3.00. The summed E-state index contributed by atoms with van der Waals surface area (Å²) in [6.45, 7) is 0.496. The Morgan fingerprint density at radius 3 is 2.71 bits per heavy atom. The molecule has 0 unspecified atom stereocenters. The van der Waals surface area contributed by atoms with Crippen molar-refractivity contribution in [2.75, 3.05) is 31.9 Å². The van der Waals surface area contributed by atoms with E-state index in [-0.39, 0.29) is 11.7 Å². The van der Waals surface area contributed by atoms with E-state index in [2.05, 4.69) is 15.5 Å². The Kier molecular flexibility index (Phi) is 6.54. The van der Waals surface area contributed by atoms with Crippen molar-refractivity contribution in [3.05, 3.63) is 60.4 Å². The van der Waals surface area contributed by atoms with Gasteiger partial charge in [0.1, 0.15) is 12.1 Å². The van der Waals surface area contributed by atoms with Crippen molar-refractivity contribution in [1.29, 1.82) is 0 Å². The van der Waals surface area contributed by atoms with Gasteiger partial charge in [0.2, 0.25) is 5.91 Å². The molecule has 0 saturated carbocycles. The third-order valence-corrected chi connectivity index (χ3v) is 5.07. The van der Waals surface area contributed by atoms with Crippen molar-refractivity contribution in [1.82, 2.24) is 20.1 Å². The summed E-state index contributed by atoms with van der Waals surface area (Å²) in [4.78, 5) is 14.3. The maximum Gasteiger partial charge on any atom is 0.230 e. The summed E-state index contributed by atoms with van der Waals surface area (Å²) in [5.74, 6) is 0.959. The predicted molar refractivity (Wildman–Crippen MR) is 111 cm³/mol. The quantitative estimate of drug-likeness (QED) is 0.590. The molecule has 146 valence electrons. The molecular weight excluding hydrogens is 374 g/mol. The number of hydrogen-bond acceptors (Lipinski definition) is 6. The number of anilines is 1. The largest absolute Gasteiger partial charge is 0.497 e. The number of benzene rings is 2. The van der Waals surface area contributed by atoms with Gasteiger partial charge in [-0.15, -0.1) is 10.2 Å². The summed E-state index contributed by atoms with van der Waals surface area (Å²) in [6.07, 6.45) is 1.63. The fraction of sp³-hybridized carbons (Fsp3) is 0.250. The first-order valence-corrected chi connectivity index (χ1v) is 9.75. The molecule has 28 heavy (non-hydrogen) atoms. The number of thioether (sulfide) groups is 1. The molecular formula is C20H23N5O2S. The van der Waals surface area contributed by atoms with Gasteiger partial charge < -0.3 is 15.0 Å². The van der Waals surface area contributed by atoms with Crippen LogP contribution in [0.15, 0.2) is 60.0 Å². The molecule has 0 aliphatic heterocycles. The fourth-order valence-corrected chi connectivity index (χ4v) is 3.31. The minimum Gasteiger partial charge on any atom is -0.497 e. The molecule has 2 aromatic carbocycles. The molecule has 1 heterocycles. The van der Waals surface area contributed by atoms with Gasteiger partial charge in [0.15, 0.2) is 5.16 Å². The van der Waals surface area contributed by atoms with E-state index in [4.69, 9.17) is 4.74 Å². The molecule has 8 heteroatoms. The van der Waals surface area contributed by atoms with Crippen molar-refractivity contribution < 1.29 is 9.53 Å². The average Bonchev–Trinajstić information content (AvgIpc) is 3.19. The van der Waals surface area contributed by atoms with Crippen LogP contribution in [-0.4, -0.2) is 47.6 Å². The molecule has 3 rings (SSSR count). The lowest BCUT2D eigenvalue weighted by molar-refractivity contribution is -0.118. The molecule has 0 bridgehead atoms. The number of nitrogens with zero attached hydrogens (tertiary/aromatic N) is 4. The second-order valence-corrected chi connectivity index (χ2v) is 7.25. The number of ether oxygens (including phenoxy) is 1. The number of amides is 1. The van der Waals surface area contributed by atoms with Gasteiger partial charge in [0.25, 0.3) is 0 Å². The molecule has 1 N–H and O–H groups in total. The maximum atomic E-state index is 12.2. The van der Waals surface area contributed by atoms with E-state index in [1.54, 1.807) is 13.4 Å². The Bertz CT molecular complexity index is 924. The van der Waals surface area contributed by atoms with Crippen molar-refractivity contribution in [2.45, 2.75) is 11.7 Å². The van der Waals surface area contributed by atoms with Crippen LogP contribution in [0.5, 0.6) is 5.75 Å². The Morgan fingerprint density at radius 2 is 2.00 bits per heavy atom. The third-order valence-electron chi connectivity index (χ3n) is 4.12. The highest BCUT2D eigenvalue weighted by Gasteiger charge is 2.11. The number of methoxy groups -OCH3 is 1. The molecule has 0 spiro atoms. The molecule has 0 radical (unpaired) electrons. The van der Waals surface area contributed by atoms with Crippen molar-refractivity contribution in [3.8, 4) is 11.4 Å². The second-order valence-electron chi connectivity index (χ2n) is 6.31. The van der Waals surface area contributed by atoms with E-state index >= 15 is 0 Å². The molecule has 0 saturated heterocycles. The highest BCUT2D eigenvalue weighted by molar-refractivity contribution is 7.99. The van der Waals surface area contributed by atoms with E-state index in [9.17, 15) is 4.79 Å². The number of rotatable bonds is 8. The van der Waals surface area contributed by atoms with Gasteiger partial charge in [-0.05, 0) is 29.8 Å². The van der Waals surface area contributed by atoms with Gasteiger partial charge in [-0.1, -0.05) is 30.0 Å². The first-order chi connectivity index (χ1) is 13.6. The molecule has 7 nitrogen and oxygen atoms in total. The number of aromatic nitrogens is 3. The Balaban J connectivity index is 1.54. The van der Waals surface area contributed by atoms with Crippen LogP contribution in [-0.2, 0) is 11.3 Å². The zero-order chi connectivity index (χ0) is 19.9. The first kappa shape index (κ1) is 19.8. The molecule has 0 aliphatic rings. The van der Waals surface area contributed by atoms with Crippen LogP contribution < -0.4 is 15.0 Å². The molecule has 0 atom stereocenters. The zero-order valence-electron chi connectivity index (χ0n) is 16.1. The van der Waals surface area contributed by atoms with E-state index in [0.717, 1.165) is 22.7 Å². The summed E-state index contributed by atoms with van der Waals surface area (Å²) in [5, 5.41) is 11.7. The van der Waals surface area contributed by atoms with E-state index in [0.29, 0.717) is 11.7 Å². The first-order valence-electron chi connectivity index (χ1n) is 8.77. The van der Waals surface area contributed by atoms with E-state index < -0.39 is 0 Å². The summed E-state index contributed by atoms with van der Waals surface area (Å²) < 4.78 is 7.09. The second kappa shape index (κ2) is 9.27. The lowest BCUT2D eigenvalue weighted by Gasteiger charge is -2.13. The number of nitrogens with one attached hydrogen (secondary N) is 1. The Morgan fingerprint density at radius 1 is 1.21 bits per heavy atom. The van der Waals surface area contributed by atoms with Crippen LogP contribution in [0.25, 0.3) is 5.69 Å². The van der Waals surface area contributed by atoms with Gasteiger partial charge in [-0.3, -0.25) is 9.36 Å².